The first-order valence-corrected chi connectivity index (χ1v) is 10.2. The van der Waals surface area contributed by atoms with Gasteiger partial charge in [-0.3, -0.25) is 9.59 Å². The predicted octanol–water partition coefficient (Wildman–Crippen LogP) is 4.32. The van der Waals surface area contributed by atoms with Gasteiger partial charge >= 0.3 is 0 Å². The molecule has 0 bridgehead atoms. The molecule has 0 saturated carbocycles. The van der Waals surface area contributed by atoms with Gasteiger partial charge in [0.2, 0.25) is 11.8 Å². The number of anilines is 3. The Bertz CT molecular complexity index is 862. The van der Waals surface area contributed by atoms with Crippen LogP contribution in [0.15, 0.2) is 48.5 Å². The largest absolute Gasteiger partial charge is 0.372 e. The number of hydrogen-bond acceptors (Lipinski definition) is 3. The van der Waals surface area contributed by atoms with Crippen LogP contribution in [-0.2, 0) is 9.59 Å². The highest BCUT2D eigenvalue weighted by atomic mass is 35.5. The summed E-state index contributed by atoms with van der Waals surface area (Å²) in [4.78, 5) is 29.2. The zero-order valence-electron chi connectivity index (χ0n) is 15.7. The van der Waals surface area contributed by atoms with E-state index in [1.54, 1.807) is 29.2 Å². The third kappa shape index (κ3) is 4.14. The van der Waals surface area contributed by atoms with Crippen LogP contribution < -0.4 is 15.1 Å². The van der Waals surface area contributed by atoms with Gasteiger partial charge in [0.25, 0.3) is 0 Å². The quantitative estimate of drug-likeness (QED) is 0.835. The lowest BCUT2D eigenvalue weighted by molar-refractivity contribution is -0.122. The zero-order valence-corrected chi connectivity index (χ0v) is 16.5. The molecule has 0 radical (unpaired) electrons. The molecule has 1 N–H and O–H groups in total. The minimum atomic E-state index is -0.367. The molecule has 2 aromatic rings. The lowest BCUT2D eigenvalue weighted by Gasteiger charge is -2.29. The molecule has 146 valence electrons. The third-order valence-corrected chi connectivity index (χ3v) is 5.71. The summed E-state index contributed by atoms with van der Waals surface area (Å²) in [7, 11) is 0. The van der Waals surface area contributed by atoms with Gasteiger partial charge in [-0.15, -0.1) is 0 Å². The van der Waals surface area contributed by atoms with Crippen molar-refractivity contribution in [3.63, 3.8) is 0 Å². The van der Waals surface area contributed by atoms with Gasteiger partial charge in [-0.2, -0.15) is 0 Å². The van der Waals surface area contributed by atoms with E-state index in [-0.39, 0.29) is 24.2 Å². The molecule has 2 heterocycles. The molecule has 2 aliphatic rings. The van der Waals surface area contributed by atoms with E-state index < -0.39 is 0 Å². The zero-order chi connectivity index (χ0) is 19.5. The van der Waals surface area contributed by atoms with E-state index in [4.69, 9.17) is 11.6 Å². The number of carbonyl (C=O) groups excluding carboxylic acids is 2. The van der Waals surface area contributed by atoms with Gasteiger partial charge in [0.15, 0.2) is 0 Å². The van der Waals surface area contributed by atoms with E-state index in [0.29, 0.717) is 17.3 Å². The fourth-order valence-electron chi connectivity index (χ4n) is 3.94. The Morgan fingerprint density at radius 3 is 2.43 bits per heavy atom. The summed E-state index contributed by atoms with van der Waals surface area (Å²) in [6.07, 6.45) is 3.99. The fraction of sp³-hybridized carbons (Fsp3) is 0.364. The van der Waals surface area contributed by atoms with Crippen molar-refractivity contribution in [3.05, 3.63) is 53.6 Å². The molecule has 5 nitrogen and oxygen atoms in total. The molecule has 0 aromatic heterocycles. The molecular formula is C22H24ClN3O2. The number of piperidine rings is 1. The molecule has 2 saturated heterocycles. The molecule has 0 aliphatic carbocycles. The van der Waals surface area contributed by atoms with Gasteiger partial charge in [-0.05, 0) is 61.7 Å². The summed E-state index contributed by atoms with van der Waals surface area (Å²) in [5.41, 5.74) is 2.70. The van der Waals surface area contributed by atoms with Crippen LogP contribution in [0.2, 0.25) is 5.02 Å². The Balaban J connectivity index is 1.40. The van der Waals surface area contributed by atoms with Gasteiger partial charge in [-0.25, -0.2) is 0 Å². The first-order valence-electron chi connectivity index (χ1n) is 9.82. The molecule has 28 heavy (non-hydrogen) atoms. The highest BCUT2D eigenvalue weighted by Crippen LogP contribution is 2.29. The predicted molar refractivity (Wildman–Crippen MR) is 113 cm³/mol. The van der Waals surface area contributed by atoms with Crippen molar-refractivity contribution in [1.82, 2.24) is 0 Å². The molecular weight excluding hydrogens is 374 g/mol. The van der Waals surface area contributed by atoms with Crippen LogP contribution >= 0.6 is 11.6 Å². The Morgan fingerprint density at radius 2 is 1.71 bits per heavy atom. The number of benzene rings is 2. The number of hydrogen-bond donors (Lipinski definition) is 1. The maximum atomic E-state index is 12.6. The highest BCUT2D eigenvalue weighted by molar-refractivity contribution is 6.30. The van der Waals surface area contributed by atoms with Crippen molar-refractivity contribution in [1.29, 1.82) is 0 Å². The second kappa shape index (κ2) is 8.23. The number of amides is 2. The average Bonchev–Trinajstić information content (AvgIpc) is 3.11. The van der Waals surface area contributed by atoms with Crippen LogP contribution in [0.5, 0.6) is 0 Å². The van der Waals surface area contributed by atoms with Gasteiger partial charge in [-0.1, -0.05) is 17.7 Å². The second-order valence-corrected chi connectivity index (χ2v) is 7.91. The first-order chi connectivity index (χ1) is 13.6. The lowest BCUT2D eigenvalue weighted by Crippen LogP contribution is -2.30. The van der Waals surface area contributed by atoms with E-state index in [1.807, 2.05) is 12.1 Å². The van der Waals surface area contributed by atoms with Crippen LogP contribution in [0.1, 0.15) is 25.7 Å². The maximum Gasteiger partial charge on any atom is 0.229 e. The van der Waals surface area contributed by atoms with E-state index in [9.17, 15) is 9.59 Å². The van der Waals surface area contributed by atoms with Crippen molar-refractivity contribution in [2.75, 3.05) is 34.8 Å². The minimum absolute atomic E-state index is 0.0167. The molecule has 6 heteroatoms. The van der Waals surface area contributed by atoms with Gasteiger partial charge in [0.05, 0.1) is 5.92 Å². The van der Waals surface area contributed by atoms with Gasteiger partial charge in [0, 0.05) is 48.1 Å². The topological polar surface area (TPSA) is 52.7 Å². The summed E-state index contributed by atoms with van der Waals surface area (Å²) in [5, 5.41) is 3.43. The number of nitrogens with zero attached hydrogens (tertiary/aromatic N) is 2. The SMILES string of the molecule is O=C(Nc1cccc(Cl)c1)C1CC(=O)N(c2ccc(N3CCCCC3)cc2)C1. The van der Waals surface area contributed by atoms with Crippen molar-refractivity contribution >= 4 is 40.5 Å². The molecule has 0 spiro atoms. The Labute approximate surface area is 170 Å². The number of carbonyl (C=O) groups is 2. The number of rotatable bonds is 4. The van der Waals surface area contributed by atoms with E-state index in [1.165, 1.54) is 24.9 Å². The maximum absolute atomic E-state index is 12.6. The molecule has 1 unspecified atom stereocenters. The summed E-state index contributed by atoms with van der Waals surface area (Å²) < 4.78 is 0. The van der Waals surface area contributed by atoms with Crippen molar-refractivity contribution in [2.45, 2.75) is 25.7 Å². The molecule has 2 aromatic carbocycles. The number of halogens is 1. The van der Waals surface area contributed by atoms with Crippen LogP contribution in [-0.4, -0.2) is 31.4 Å². The Kier molecular flexibility index (Phi) is 5.53. The normalized spacial score (nSPS) is 19.8. The average molecular weight is 398 g/mol. The standard InChI is InChI=1S/C22H24ClN3O2/c23-17-5-4-6-18(14-17)24-22(28)16-13-21(27)26(15-16)20-9-7-19(8-10-20)25-11-2-1-3-12-25/h4-10,14,16H,1-3,11-13,15H2,(H,24,28). The fourth-order valence-corrected chi connectivity index (χ4v) is 4.13. The second-order valence-electron chi connectivity index (χ2n) is 7.47. The van der Waals surface area contributed by atoms with Crippen LogP contribution in [0.3, 0.4) is 0 Å². The Morgan fingerprint density at radius 1 is 1.00 bits per heavy atom. The van der Waals surface area contributed by atoms with Crippen LogP contribution in [0, 0.1) is 5.92 Å². The number of nitrogens with one attached hydrogen (secondary N) is 1. The van der Waals surface area contributed by atoms with E-state index in [2.05, 4.69) is 22.3 Å². The molecule has 4 rings (SSSR count). The van der Waals surface area contributed by atoms with Gasteiger partial charge < -0.3 is 15.1 Å². The van der Waals surface area contributed by atoms with E-state index >= 15 is 0 Å². The van der Waals surface area contributed by atoms with E-state index in [0.717, 1.165) is 18.8 Å². The van der Waals surface area contributed by atoms with Crippen LogP contribution in [0.4, 0.5) is 17.1 Å². The monoisotopic (exact) mass is 397 g/mol. The molecule has 2 fully saturated rings. The molecule has 1 atom stereocenters. The summed E-state index contributed by atoms with van der Waals surface area (Å²) >= 11 is 5.97. The third-order valence-electron chi connectivity index (χ3n) is 5.47. The lowest BCUT2D eigenvalue weighted by atomic mass is 10.1. The summed E-state index contributed by atoms with van der Waals surface area (Å²) in [5.74, 6) is -0.534. The van der Waals surface area contributed by atoms with Crippen LogP contribution in [0.25, 0.3) is 0 Å². The van der Waals surface area contributed by atoms with Crippen molar-refractivity contribution in [2.24, 2.45) is 5.92 Å². The first kappa shape index (κ1) is 18.8. The minimum Gasteiger partial charge on any atom is -0.372 e. The van der Waals surface area contributed by atoms with Gasteiger partial charge in [0.1, 0.15) is 0 Å². The molecule has 2 amide bonds. The van der Waals surface area contributed by atoms with Crippen molar-refractivity contribution < 1.29 is 9.59 Å². The highest BCUT2D eigenvalue weighted by Gasteiger charge is 2.35. The Hall–Kier alpha value is -2.53. The summed E-state index contributed by atoms with van der Waals surface area (Å²) in [6, 6.07) is 15.2. The van der Waals surface area contributed by atoms with Crippen molar-refractivity contribution in [3.8, 4) is 0 Å². The summed E-state index contributed by atoms with van der Waals surface area (Å²) in [6.45, 7) is 2.58. The smallest absolute Gasteiger partial charge is 0.229 e. The molecule has 2 aliphatic heterocycles.